The lowest BCUT2D eigenvalue weighted by molar-refractivity contribution is -0.0615. The molecule has 0 saturated heterocycles. The molecule has 0 N–H and O–H groups in total. The number of hydrogen-bond donors (Lipinski definition) is 0. The lowest BCUT2D eigenvalue weighted by Gasteiger charge is -2.31. The van der Waals surface area contributed by atoms with Crippen molar-refractivity contribution in [2.75, 3.05) is 13.2 Å². The van der Waals surface area contributed by atoms with Gasteiger partial charge in [-0.15, -0.1) is 0 Å². The smallest absolute Gasteiger partial charge is 0.0600 e. The summed E-state index contributed by atoms with van der Waals surface area (Å²) in [6.45, 7) is 11.1. The Labute approximate surface area is 152 Å². The molecular weight excluding hydrogens is 296 g/mol. The molecule has 0 spiro atoms. The molecule has 4 atom stereocenters. The van der Waals surface area contributed by atoms with E-state index in [1.807, 2.05) is 0 Å². The summed E-state index contributed by atoms with van der Waals surface area (Å²) in [5, 5.41) is 0. The van der Waals surface area contributed by atoms with E-state index < -0.39 is 0 Å². The van der Waals surface area contributed by atoms with Crippen molar-refractivity contribution in [2.24, 2.45) is 11.8 Å². The Hall–Kier alpha value is -0.0800. The fourth-order valence-electron chi connectivity index (χ4n) is 3.75. The lowest BCUT2D eigenvalue weighted by Crippen LogP contribution is -2.30. The van der Waals surface area contributed by atoms with Crippen LogP contribution in [0.15, 0.2) is 0 Å². The van der Waals surface area contributed by atoms with Crippen LogP contribution in [0.4, 0.5) is 0 Å². The molecule has 0 aromatic carbocycles. The molecule has 2 heteroatoms. The quantitative estimate of drug-likeness (QED) is 0.347. The van der Waals surface area contributed by atoms with Crippen LogP contribution >= 0.6 is 0 Å². The van der Waals surface area contributed by atoms with Crippen molar-refractivity contribution in [1.29, 1.82) is 0 Å². The Morgan fingerprint density at radius 1 is 0.750 bits per heavy atom. The van der Waals surface area contributed by atoms with E-state index >= 15 is 0 Å². The lowest BCUT2D eigenvalue weighted by atomic mass is 9.94. The summed E-state index contributed by atoms with van der Waals surface area (Å²) in [6.07, 6.45) is 16.2. The summed E-state index contributed by atoms with van der Waals surface area (Å²) in [4.78, 5) is 0. The molecule has 0 heterocycles. The molecule has 1 saturated carbocycles. The summed E-state index contributed by atoms with van der Waals surface area (Å²) in [5.74, 6) is 1.51. The first kappa shape index (κ1) is 22.0. The van der Waals surface area contributed by atoms with Crippen LogP contribution in [-0.2, 0) is 9.47 Å². The van der Waals surface area contributed by atoms with Gasteiger partial charge in [-0.3, -0.25) is 0 Å². The summed E-state index contributed by atoms with van der Waals surface area (Å²) >= 11 is 0. The zero-order valence-corrected chi connectivity index (χ0v) is 17.0. The summed E-state index contributed by atoms with van der Waals surface area (Å²) in [6, 6.07) is 0. The molecule has 0 aromatic rings. The van der Waals surface area contributed by atoms with E-state index in [0.29, 0.717) is 12.2 Å². The molecule has 24 heavy (non-hydrogen) atoms. The highest BCUT2D eigenvalue weighted by Gasteiger charge is 2.24. The second-order valence-electron chi connectivity index (χ2n) is 7.91. The molecular formula is C22H44O2. The molecule has 0 aromatic heterocycles. The summed E-state index contributed by atoms with van der Waals surface area (Å²) in [7, 11) is 0. The van der Waals surface area contributed by atoms with Crippen LogP contribution in [0.3, 0.4) is 0 Å². The second-order valence-corrected chi connectivity index (χ2v) is 7.91. The van der Waals surface area contributed by atoms with Crippen molar-refractivity contribution in [3.63, 3.8) is 0 Å². The maximum absolute atomic E-state index is 6.28. The number of hydrogen-bond acceptors (Lipinski definition) is 2. The Balaban J connectivity index is 2.25. The normalized spacial score (nSPS) is 24.0. The van der Waals surface area contributed by atoms with Crippen molar-refractivity contribution < 1.29 is 9.47 Å². The molecule has 1 fully saturated rings. The van der Waals surface area contributed by atoms with E-state index in [1.54, 1.807) is 0 Å². The maximum atomic E-state index is 6.28. The zero-order chi connectivity index (χ0) is 17.6. The fourth-order valence-corrected chi connectivity index (χ4v) is 3.75. The Kier molecular flexibility index (Phi) is 12.9. The Morgan fingerprint density at radius 3 is 1.58 bits per heavy atom. The number of unbranched alkanes of at least 4 members (excludes halogenated alkanes) is 2. The van der Waals surface area contributed by atoms with Gasteiger partial charge in [0.2, 0.25) is 0 Å². The third kappa shape index (κ3) is 9.42. The highest BCUT2D eigenvalue weighted by atomic mass is 16.5. The second kappa shape index (κ2) is 14.1. The third-order valence-corrected chi connectivity index (χ3v) is 5.80. The first-order valence-electron chi connectivity index (χ1n) is 11.0. The van der Waals surface area contributed by atoms with E-state index in [1.165, 1.54) is 70.6 Å². The van der Waals surface area contributed by atoms with Crippen molar-refractivity contribution >= 4 is 0 Å². The molecule has 2 nitrogen and oxygen atoms in total. The van der Waals surface area contributed by atoms with E-state index in [4.69, 9.17) is 9.47 Å². The largest absolute Gasteiger partial charge is 0.378 e. The SMILES string of the molecule is CCCCC(CC)COC1CCCC(OCC(CC)CCCC)C1. The van der Waals surface area contributed by atoms with Gasteiger partial charge < -0.3 is 9.47 Å². The third-order valence-electron chi connectivity index (χ3n) is 5.80. The van der Waals surface area contributed by atoms with E-state index in [-0.39, 0.29) is 0 Å². The molecule has 1 aliphatic rings. The molecule has 1 rings (SSSR count). The maximum Gasteiger partial charge on any atom is 0.0600 e. The van der Waals surface area contributed by atoms with Gasteiger partial charge in [0.15, 0.2) is 0 Å². The molecule has 0 aliphatic heterocycles. The van der Waals surface area contributed by atoms with Gasteiger partial charge in [-0.2, -0.15) is 0 Å². The predicted octanol–water partition coefficient (Wildman–Crippen LogP) is 6.76. The molecule has 0 radical (unpaired) electrons. The van der Waals surface area contributed by atoms with Crippen LogP contribution in [-0.4, -0.2) is 25.4 Å². The topological polar surface area (TPSA) is 18.5 Å². The van der Waals surface area contributed by atoms with Crippen molar-refractivity contribution in [3.8, 4) is 0 Å². The highest BCUT2D eigenvalue weighted by molar-refractivity contribution is 4.75. The molecule has 1 aliphatic carbocycles. The van der Waals surface area contributed by atoms with Gasteiger partial charge in [-0.1, -0.05) is 66.2 Å². The van der Waals surface area contributed by atoms with E-state index in [9.17, 15) is 0 Å². The number of ether oxygens (including phenoxy) is 2. The Bertz CT molecular complexity index is 253. The van der Waals surface area contributed by atoms with Crippen LogP contribution < -0.4 is 0 Å². The van der Waals surface area contributed by atoms with Gasteiger partial charge in [-0.25, -0.2) is 0 Å². The molecule has 144 valence electrons. The minimum absolute atomic E-state index is 0.440. The minimum Gasteiger partial charge on any atom is -0.378 e. The average molecular weight is 341 g/mol. The van der Waals surface area contributed by atoms with Crippen LogP contribution in [0.1, 0.15) is 105 Å². The van der Waals surface area contributed by atoms with Crippen LogP contribution in [0.5, 0.6) is 0 Å². The molecule has 0 bridgehead atoms. The van der Waals surface area contributed by atoms with Gasteiger partial charge in [0, 0.05) is 13.2 Å². The molecule has 0 amide bonds. The first-order chi connectivity index (χ1) is 11.7. The van der Waals surface area contributed by atoms with Gasteiger partial charge >= 0.3 is 0 Å². The van der Waals surface area contributed by atoms with E-state index in [0.717, 1.165) is 31.5 Å². The van der Waals surface area contributed by atoms with Crippen molar-refractivity contribution in [2.45, 2.75) is 117 Å². The van der Waals surface area contributed by atoms with E-state index in [2.05, 4.69) is 27.7 Å². The van der Waals surface area contributed by atoms with Gasteiger partial charge in [0.1, 0.15) is 0 Å². The van der Waals surface area contributed by atoms with Gasteiger partial charge in [0.25, 0.3) is 0 Å². The van der Waals surface area contributed by atoms with Crippen molar-refractivity contribution in [1.82, 2.24) is 0 Å². The monoisotopic (exact) mass is 340 g/mol. The highest BCUT2D eigenvalue weighted by Crippen LogP contribution is 2.26. The first-order valence-corrected chi connectivity index (χ1v) is 11.0. The number of rotatable bonds is 14. The van der Waals surface area contributed by atoms with Crippen LogP contribution in [0.2, 0.25) is 0 Å². The van der Waals surface area contributed by atoms with Gasteiger partial charge in [-0.05, 0) is 50.4 Å². The minimum atomic E-state index is 0.440. The van der Waals surface area contributed by atoms with Gasteiger partial charge in [0.05, 0.1) is 12.2 Å². The standard InChI is InChI=1S/C22H44O2/c1-5-9-12-19(7-3)17-23-21-14-11-15-22(16-21)24-18-20(8-4)13-10-6-2/h19-22H,5-18H2,1-4H3. The van der Waals surface area contributed by atoms with Crippen LogP contribution in [0, 0.1) is 11.8 Å². The fraction of sp³-hybridized carbons (Fsp3) is 1.00. The zero-order valence-electron chi connectivity index (χ0n) is 17.0. The Morgan fingerprint density at radius 2 is 1.21 bits per heavy atom. The summed E-state index contributed by atoms with van der Waals surface area (Å²) in [5.41, 5.74) is 0. The van der Waals surface area contributed by atoms with Crippen molar-refractivity contribution in [3.05, 3.63) is 0 Å². The molecule has 4 unspecified atom stereocenters. The van der Waals surface area contributed by atoms with Crippen LogP contribution in [0.25, 0.3) is 0 Å². The predicted molar refractivity (Wildman–Crippen MR) is 105 cm³/mol. The summed E-state index contributed by atoms with van der Waals surface area (Å²) < 4.78 is 12.6. The average Bonchev–Trinajstić information content (AvgIpc) is 2.62.